The highest BCUT2D eigenvalue weighted by Gasteiger charge is 2.38. The largest absolute Gasteiger partial charge is 0.450 e. The van der Waals surface area contributed by atoms with Gasteiger partial charge in [0.05, 0.1) is 0 Å². The molecule has 6 heteroatoms. The maximum Gasteiger partial charge on any atom is 0.302 e. The number of unbranched alkanes of at least 4 members (excludes halogenated alkanes) is 8. The number of aliphatic imine (C=N–C) groups is 1. The number of para-hydroxylation sites is 1. The third kappa shape index (κ3) is 5.99. The van der Waals surface area contributed by atoms with Crippen molar-refractivity contribution >= 4 is 28.7 Å². The Kier molecular flexibility index (Phi) is 8.89. The van der Waals surface area contributed by atoms with Crippen molar-refractivity contribution in [3.05, 3.63) is 36.0 Å². The van der Waals surface area contributed by atoms with Gasteiger partial charge in [-0.1, -0.05) is 83.4 Å². The molecule has 2 atom stereocenters. The van der Waals surface area contributed by atoms with Crippen molar-refractivity contribution in [3.63, 3.8) is 0 Å². The van der Waals surface area contributed by atoms with Crippen molar-refractivity contribution in [2.75, 3.05) is 7.05 Å². The summed E-state index contributed by atoms with van der Waals surface area (Å²) in [6, 6.07) is 8.10. The number of nitrogens with one attached hydrogen (secondary N) is 1. The Balaban J connectivity index is 1.43. The molecule has 0 saturated heterocycles. The zero-order valence-electron chi connectivity index (χ0n) is 19.7. The minimum Gasteiger partial charge on any atom is -0.450 e. The van der Waals surface area contributed by atoms with Gasteiger partial charge in [-0.2, -0.15) is 4.99 Å². The number of carbonyl (C=O) groups excluding carboxylic acids is 2. The Labute approximate surface area is 191 Å². The van der Waals surface area contributed by atoms with Gasteiger partial charge in [0.25, 0.3) is 5.91 Å². The van der Waals surface area contributed by atoms with Gasteiger partial charge < -0.3 is 9.72 Å². The Morgan fingerprint density at radius 3 is 2.47 bits per heavy atom. The molecule has 0 fully saturated rings. The van der Waals surface area contributed by atoms with Crippen LogP contribution in [0.25, 0.3) is 10.9 Å². The quantitative estimate of drug-likeness (QED) is 0.416. The van der Waals surface area contributed by atoms with Gasteiger partial charge in [-0.25, -0.2) is 0 Å². The average molecular weight is 440 g/mol. The Morgan fingerprint density at radius 2 is 1.75 bits per heavy atom. The summed E-state index contributed by atoms with van der Waals surface area (Å²) >= 11 is 0. The van der Waals surface area contributed by atoms with E-state index in [1.807, 2.05) is 37.4 Å². The molecule has 1 aromatic carbocycles. The van der Waals surface area contributed by atoms with Gasteiger partial charge in [0.1, 0.15) is 0 Å². The number of fused-ring (bicyclic) bond motifs is 1. The lowest BCUT2D eigenvalue weighted by atomic mass is 9.94. The predicted octanol–water partition coefficient (Wildman–Crippen LogP) is 5.93. The summed E-state index contributed by atoms with van der Waals surface area (Å²) in [4.78, 5) is 33.8. The fourth-order valence-electron chi connectivity index (χ4n) is 4.31. The number of benzene rings is 1. The second-order valence-electron chi connectivity index (χ2n) is 8.88. The molecule has 1 aliphatic heterocycles. The lowest BCUT2D eigenvalue weighted by Crippen LogP contribution is -2.35. The molecule has 174 valence electrons. The third-order valence-corrected chi connectivity index (χ3v) is 6.40. The van der Waals surface area contributed by atoms with E-state index in [2.05, 4.69) is 16.9 Å². The zero-order valence-corrected chi connectivity index (χ0v) is 19.7. The molecule has 2 heterocycles. The van der Waals surface area contributed by atoms with Crippen LogP contribution in [0.15, 0.2) is 35.5 Å². The smallest absolute Gasteiger partial charge is 0.302 e. The summed E-state index contributed by atoms with van der Waals surface area (Å²) < 4.78 is 5.87. The number of amides is 2. The number of amidine groups is 1. The summed E-state index contributed by atoms with van der Waals surface area (Å²) in [6.45, 7) is 4.19. The van der Waals surface area contributed by atoms with Crippen LogP contribution in [0.5, 0.6) is 0 Å². The van der Waals surface area contributed by atoms with E-state index < -0.39 is 6.10 Å². The first-order valence-electron chi connectivity index (χ1n) is 12.1. The van der Waals surface area contributed by atoms with Crippen molar-refractivity contribution in [2.45, 2.75) is 90.1 Å². The van der Waals surface area contributed by atoms with Gasteiger partial charge >= 0.3 is 6.02 Å². The van der Waals surface area contributed by atoms with Gasteiger partial charge in [-0.3, -0.25) is 14.5 Å². The SMILES string of the molecule is CCCCCCCCCCCC(=O)N(C)C1=NC(=O)[C@H]([C@H](C)c2c[nH]c3ccccc23)O1. The molecule has 32 heavy (non-hydrogen) atoms. The summed E-state index contributed by atoms with van der Waals surface area (Å²) in [5.74, 6) is -0.568. The number of hydrogen-bond acceptors (Lipinski definition) is 3. The van der Waals surface area contributed by atoms with E-state index in [1.54, 1.807) is 7.05 Å². The van der Waals surface area contributed by atoms with Crippen LogP contribution in [0.3, 0.4) is 0 Å². The molecule has 1 aliphatic rings. The number of aromatic amines is 1. The number of hydrogen-bond donors (Lipinski definition) is 1. The van der Waals surface area contributed by atoms with Crippen LogP contribution in [-0.4, -0.2) is 40.9 Å². The van der Waals surface area contributed by atoms with Gasteiger partial charge in [0, 0.05) is 36.5 Å². The fourth-order valence-corrected chi connectivity index (χ4v) is 4.31. The van der Waals surface area contributed by atoms with E-state index in [4.69, 9.17) is 4.74 Å². The minimum atomic E-state index is -0.716. The molecular formula is C26H37N3O3. The number of nitrogens with zero attached hydrogens (tertiary/aromatic N) is 2. The van der Waals surface area contributed by atoms with Crippen molar-refractivity contribution in [1.29, 1.82) is 0 Å². The normalized spacial score (nSPS) is 16.8. The second kappa shape index (κ2) is 11.8. The lowest BCUT2D eigenvalue weighted by molar-refractivity contribution is -0.128. The Hall–Kier alpha value is -2.63. The van der Waals surface area contributed by atoms with E-state index in [-0.39, 0.29) is 23.8 Å². The first-order chi connectivity index (χ1) is 15.5. The van der Waals surface area contributed by atoms with Crippen LogP contribution in [0, 0.1) is 0 Å². The Bertz CT molecular complexity index is 933. The molecule has 3 rings (SSSR count). The maximum absolute atomic E-state index is 12.6. The van der Waals surface area contributed by atoms with Crippen LogP contribution >= 0.6 is 0 Å². The van der Waals surface area contributed by atoms with Gasteiger partial charge in [0.2, 0.25) is 5.91 Å². The van der Waals surface area contributed by atoms with Crippen molar-refractivity contribution in [3.8, 4) is 0 Å². The summed E-state index contributed by atoms with van der Waals surface area (Å²) in [6.07, 6.45) is 12.5. The third-order valence-electron chi connectivity index (χ3n) is 6.40. The molecule has 2 amide bonds. The van der Waals surface area contributed by atoms with E-state index >= 15 is 0 Å². The molecular weight excluding hydrogens is 402 g/mol. The lowest BCUT2D eigenvalue weighted by Gasteiger charge is -2.21. The topological polar surface area (TPSA) is 74.8 Å². The summed E-state index contributed by atoms with van der Waals surface area (Å²) in [7, 11) is 1.64. The molecule has 0 bridgehead atoms. The van der Waals surface area contributed by atoms with Crippen LogP contribution in [0.4, 0.5) is 0 Å². The fraction of sp³-hybridized carbons (Fsp3) is 0.577. The number of carbonyl (C=O) groups is 2. The maximum atomic E-state index is 12.6. The van der Waals surface area contributed by atoms with E-state index in [9.17, 15) is 9.59 Å². The molecule has 2 aromatic rings. The van der Waals surface area contributed by atoms with Crippen molar-refractivity contribution in [1.82, 2.24) is 9.88 Å². The average Bonchev–Trinajstić information content (AvgIpc) is 3.40. The molecule has 6 nitrogen and oxygen atoms in total. The van der Waals surface area contributed by atoms with Gasteiger partial charge in [-0.05, 0) is 18.1 Å². The van der Waals surface area contributed by atoms with Crippen LogP contribution in [-0.2, 0) is 14.3 Å². The molecule has 0 spiro atoms. The number of H-pyrrole nitrogens is 1. The van der Waals surface area contributed by atoms with Crippen LogP contribution in [0.2, 0.25) is 0 Å². The van der Waals surface area contributed by atoms with Gasteiger partial charge in [-0.15, -0.1) is 0 Å². The first-order valence-corrected chi connectivity index (χ1v) is 12.1. The standard InChI is InChI=1S/C26H37N3O3/c1-4-5-6-7-8-9-10-11-12-17-23(30)29(3)26-28-25(31)24(32-26)19(2)21-18-27-22-16-14-13-15-20(21)22/h13-16,18-19,24,27H,4-12,17H2,1-3H3/t19-,24+/m1/s1. The van der Waals surface area contributed by atoms with E-state index in [0.717, 1.165) is 29.3 Å². The molecule has 0 unspecified atom stereocenters. The molecule has 0 saturated carbocycles. The van der Waals surface area contributed by atoms with Crippen molar-refractivity contribution in [2.24, 2.45) is 4.99 Å². The van der Waals surface area contributed by atoms with Crippen LogP contribution < -0.4 is 0 Å². The highest BCUT2D eigenvalue weighted by molar-refractivity contribution is 6.04. The Morgan fingerprint density at radius 1 is 1.09 bits per heavy atom. The number of ether oxygens (including phenoxy) is 1. The van der Waals surface area contributed by atoms with E-state index in [0.29, 0.717) is 6.42 Å². The first kappa shape index (κ1) is 24.0. The predicted molar refractivity (Wildman–Crippen MR) is 129 cm³/mol. The van der Waals surface area contributed by atoms with Crippen LogP contribution in [0.1, 0.15) is 89.5 Å². The minimum absolute atomic E-state index is 0.0557. The monoisotopic (exact) mass is 439 g/mol. The number of rotatable bonds is 12. The summed E-state index contributed by atoms with van der Waals surface area (Å²) in [5, 5.41) is 1.07. The van der Waals surface area contributed by atoms with E-state index in [1.165, 1.54) is 49.8 Å². The second-order valence-corrected chi connectivity index (χ2v) is 8.88. The zero-order chi connectivity index (χ0) is 22.9. The highest BCUT2D eigenvalue weighted by Crippen LogP contribution is 2.31. The molecule has 0 aliphatic carbocycles. The number of aromatic nitrogens is 1. The van der Waals surface area contributed by atoms with Crippen molar-refractivity contribution < 1.29 is 14.3 Å². The van der Waals surface area contributed by atoms with Gasteiger partial charge in [0.15, 0.2) is 6.10 Å². The highest BCUT2D eigenvalue weighted by atomic mass is 16.5. The summed E-state index contributed by atoms with van der Waals surface area (Å²) in [5.41, 5.74) is 2.04. The molecule has 1 N–H and O–H groups in total. The molecule has 0 radical (unpaired) electrons. The molecule has 1 aromatic heterocycles.